The zero-order chi connectivity index (χ0) is 19.4. The van der Waals surface area contributed by atoms with Gasteiger partial charge < -0.3 is 15.5 Å². The first kappa shape index (κ1) is 19.9. The van der Waals surface area contributed by atoms with Gasteiger partial charge in [0.25, 0.3) is 0 Å². The maximum Gasteiger partial charge on any atom is 0.227 e. The van der Waals surface area contributed by atoms with Gasteiger partial charge in [-0.1, -0.05) is 44.2 Å². The Balaban J connectivity index is 1.66. The van der Waals surface area contributed by atoms with Crippen LogP contribution in [0.1, 0.15) is 44.6 Å². The molecule has 3 rings (SSSR count). The predicted molar refractivity (Wildman–Crippen MR) is 107 cm³/mol. The Morgan fingerprint density at radius 2 is 1.89 bits per heavy atom. The highest BCUT2D eigenvalue weighted by molar-refractivity contribution is 5.82. The summed E-state index contributed by atoms with van der Waals surface area (Å²) in [6.07, 6.45) is 2.63. The van der Waals surface area contributed by atoms with E-state index < -0.39 is 0 Å². The van der Waals surface area contributed by atoms with Gasteiger partial charge in [-0.3, -0.25) is 9.59 Å². The molecule has 0 spiro atoms. The van der Waals surface area contributed by atoms with E-state index in [4.69, 9.17) is 5.73 Å². The van der Waals surface area contributed by atoms with Crippen LogP contribution in [0.4, 0.5) is 0 Å². The highest BCUT2D eigenvalue weighted by Crippen LogP contribution is 2.33. The fraction of sp³-hybridized carbons (Fsp3) is 0.636. The molecule has 5 nitrogen and oxygen atoms in total. The maximum atomic E-state index is 13.2. The van der Waals surface area contributed by atoms with Gasteiger partial charge in [-0.2, -0.15) is 0 Å². The number of piperidine rings is 1. The van der Waals surface area contributed by atoms with Crippen LogP contribution in [0, 0.1) is 17.8 Å². The van der Waals surface area contributed by atoms with Crippen molar-refractivity contribution in [3.05, 3.63) is 35.9 Å². The first-order chi connectivity index (χ1) is 13.0. The van der Waals surface area contributed by atoms with Crippen LogP contribution in [0.5, 0.6) is 0 Å². The lowest BCUT2D eigenvalue weighted by molar-refractivity contribution is -0.142. The third kappa shape index (κ3) is 4.34. The normalized spacial score (nSPS) is 26.9. The molecule has 2 aliphatic heterocycles. The molecule has 2 amide bonds. The molecule has 1 aromatic carbocycles. The van der Waals surface area contributed by atoms with E-state index in [2.05, 4.69) is 12.1 Å². The third-order valence-corrected chi connectivity index (χ3v) is 6.40. The van der Waals surface area contributed by atoms with Gasteiger partial charge >= 0.3 is 0 Å². The summed E-state index contributed by atoms with van der Waals surface area (Å²) in [6.45, 7) is 7.42. The van der Waals surface area contributed by atoms with Gasteiger partial charge in [-0.05, 0) is 37.3 Å². The standard InChI is InChI=1S/C22H33N3O2/c1-3-16(2)21(26)24-11-7-10-18(13-24)22(27)25-14-19(12-23)20(15-25)17-8-5-4-6-9-17/h4-6,8-9,16,18-20H,3,7,10-15,23H2,1-2H3/t16?,18?,19-,20+/m1/s1. The Morgan fingerprint density at radius 3 is 2.56 bits per heavy atom. The van der Waals surface area contributed by atoms with E-state index in [9.17, 15) is 9.59 Å². The Labute approximate surface area is 162 Å². The lowest BCUT2D eigenvalue weighted by atomic mass is 9.89. The van der Waals surface area contributed by atoms with Crippen molar-refractivity contribution in [1.29, 1.82) is 0 Å². The number of hydrogen-bond acceptors (Lipinski definition) is 3. The van der Waals surface area contributed by atoms with Gasteiger partial charge in [0, 0.05) is 38.0 Å². The van der Waals surface area contributed by atoms with Crippen LogP contribution in [0.25, 0.3) is 0 Å². The van der Waals surface area contributed by atoms with Crippen molar-refractivity contribution in [2.45, 2.75) is 39.0 Å². The molecule has 148 valence electrons. The molecule has 5 heteroatoms. The SMILES string of the molecule is CCC(C)C(=O)N1CCCC(C(=O)N2C[C@@H](CN)[C@H](c3ccccc3)C2)C1. The van der Waals surface area contributed by atoms with E-state index in [1.165, 1.54) is 5.56 Å². The smallest absolute Gasteiger partial charge is 0.227 e. The highest BCUT2D eigenvalue weighted by atomic mass is 16.2. The van der Waals surface area contributed by atoms with Gasteiger partial charge in [0.2, 0.25) is 11.8 Å². The number of hydrogen-bond donors (Lipinski definition) is 1. The van der Waals surface area contributed by atoms with Crippen molar-refractivity contribution in [1.82, 2.24) is 9.80 Å². The predicted octanol–water partition coefficient (Wildman–Crippen LogP) is 2.47. The molecule has 2 aliphatic rings. The topological polar surface area (TPSA) is 66.6 Å². The zero-order valence-corrected chi connectivity index (χ0v) is 16.6. The second kappa shape index (κ2) is 8.87. The molecule has 0 aliphatic carbocycles. The van der Waals surface area contributed by atoms with Crippen LogP contribution in [0.3, 0.4) is 0 Å². The molecule has 2 heterocycles. The Morgan fingerprint density at radius 1 is 1.15 bits per heavy atom. The summed E-state index contributed by atoms with van der Waals surface area (Å²) in [5, 5.41) is 0. The van der Waals surface area contributed by atoms with Crippen LogP contribution in [0.15, 0.2) is 30.3 Å². The zero-order valence-electron chi connectivity index (χ0n) is 16.6. The van der Waals surface area contributed by atoms with Crippen molar-refractivity contribution >= 4 is 11.8 Å². The fourth-order valence-electron chi connectivity index (χ4n) is 4.49. The van der Waals surface area contributed by atoms with Crippen LogP contribution >= 0.6 is 0 Å². The molecule has 1 aromatic rings. The second-order valence-corrected chi connectivity index (χ2v) is 8.19. The summed E-state index contributed by atoms with van der Waals surface area (Å²) in [5.74, 6) is 0.973. The van der Waals surface area contributed by atoms with Crippen molar-refractivity contribution < 1.29 is 9.59 Å². The average molecular weight is 372 g/mol. The van der Waals surface area contributed by atoms with Crippen LogP contribution in [0.2, 0.25) is 0 Å². The molecular formula is C22H33N3O2. The summed E-state index contributed by atoms with van der Waals surface area (Å²) in [5.41, 5.74) is 7.29. The third-order valence-electron chi connectivity index (χ3n) is 6.40. The fourth-order valence-corrected chi connectivity index (χ4v) is 4.49. The first-order valence-corrected chi connectivity index (χ1v) is 10.4. The van der Waals surface area contributed by atoms with E-state index in [0.717, 1.165) is 38.9 Å². The minimum absolute atomic E-state index is 0.0368. The highest BCUT2D eigenvalue weighted by Gasteiger charge is 2.39. The second-order valence-electron chi connectivity index (χ2n) is 8.19. The van der Waals surface area contributed by atoms with Gasteiger partial charge in [0.1, 0.15) is 0 Å². The van der Waals surface area contributed by atoms with E-state index in [-0.39, 0.29) is 23.7 Å². The van der Waals surface area contributed by atoms with E-state index >= 15 is 0 Å². The maximum absolute atomic E-state index is 13.2. The largest absolute Gasteiger partial charge is 0.342 e. The molecule has 2 saturated heterocycles. The van der Waals surface area contributed by atoms with Gasteiger partial charge in [-0.25, -0.2) is 0 Å². The Bertz CT molecular complexity index is 648. The lowest BCUT2D eigenvalue weighted by Crippen LogP contribution is -2.47. The van der Waals surface area contributed by atoms with Crippen molar-refractivity contribution in [2.24, 2.45) is 23.5 Å². The minimum atomic E-state index is -0.0697. The molecule has 2 N–H and O–H groups in total. The summed E-state index contributed by atoms with van der Waals surface area (Å²) in [6, 6.07) is 10.4. The van der Waals surface area contributed by atoms with Crippen LogP contribution in [-0.2, 0) is 9.59 Å². The van der Waals surface area contributed by atoms with Crippen LogP contribution in [-0.4, -0.2) is 54.3 Å². The number of carbonyl (C=O) groups excluding carboxylic acids is 2. The molecule has 4 atom stereocenters. The van der Waals surface area contributed by atoms with Crippen LogP contribution < -0.4 is 5.73 Å². The molecular weight excluding hydrogens is 338 g/mol. The number of amides is 2. The molecule has 0 radical (unpaired) electrons. The lowest BCUT2D eigenvalue weighted by Gasteiger charge is -2.35. The minimum Gasteiger partial charge on any atom is -0.342 e. The Hall–Kier alpha value is -1.88. The molecule has 27 heavy (non-hydrogen) atoms. The average Bonchev–Trinajstić information content (AvgIpc) is 3.17. The number of benzene rings is 1. The monoisotopic (exact) mass is 371 g/mol. The molecule has 0 saturated carbocycles. The molecule has 2 unspecified atom stereocenters. The van der Waals surface area contributed by atoms with Gasteiger partial charge in [-0.15, -0.1) is 0 Å². The number of likely N-dealkylation sites (tertiary alicyclic amines) is 2. The van der Waals surface area contributed by atoms with E-state index in [1.54, 1.807) is 0 Å². The molecule has 0 aromatic heterocycles. The number of rotatable bonds is 5. The van der Waals surface area contributed by atoms with Crippen molar-refractivity contribution in [3.8, 4) is 0 Å². The number of carbonyl (C=O) groups is 2. The first-order valence-electron chi connectivity index (χ1n) is 10.4. The number of nitrogens with zero attached hydrogens (tertiary/aromatic N) is 2. The van der Waals surface area contributed by atoms with E-state index in [1.807, 2.05) is 41.8 Å². The molecule has 0 bridgehead atoms. The van der Waals surface area contributed by atoms with Gasteiger partial charge in [0.15, 0.2) is 0 Å². The van der Waals surface area contributed by atoms with Crippen molar-refractivity contribution in [2.75, 3.05) is 32.7 Å². The van der Waals surface area contributed by atoms with E-state index in [0.29, 0.717) is 24.9 Å². The summed E-state index contributed by atoms with van der Waals surface area (Å²) < 4.78 is 0. The quantitative estimate of drug-likeness (QED) is 0.865. The molecule has 2 fully saturated rings. The van der Waals surface area contributed by atoms with Crippen molar-refractivity contribution in [3.63, 3.8) is 0 Å². The summed E-state index contributed by atoms with van der Waals surface area (Å²) >= 11 is 0. The summed E-state index contributed by atoms with van der Waals surface area (Å²) in [7, 11) is 0. The Kier molecular flexibility index (Phi) is 6.53. The number of nitrogens with two attached hydrogens (primary N) is 1. The van der Waals surface area contributed by atoms with Gasteiger partial charge in [0.05, 0.1) is 5.92 Å². The summed E-state index contributed by atoms with van der Waals surface area (Å²) in [4.78, 5) is 29.6.